The molecule has 0 bridgehead atoms. The van der Waals surface area contributed by atoms with Crippen LogP contribution in [0.25, 0.3) is 11.4 Å². The van der Waals surface area contributed by atoms with Crippen molar-refractivity contribution in [3.8, 4) is 11.4 Å². The summed E-state index contributed by atoms with van der Waals surface area (Å²) >= 11 is 0. The Labute approximate surface area is 158 Å². The number of amides is 1. The van der Waals surface area contributed by atoms with E-state index in [9.17, 15) is 4.79 Å². The molecule has 4 heterocycles. The van der Waals surface area contributed by atoms with Gasteiger partial charge in [0, 0.05) is 42.9 Å². The Kier molecular flexibility index (Phi) is 4.43. The van der Waals surface area contributed by atoms with Crippen LogP contribution in [-0.4, -0.2) is 48.6 Å². The SMILES string of the molecule is Cc1cc(C)n(C2CCN(C(=O)c3cnc(-c4cccnc4)nc3C)C2)n1. The van der Waals surface area contributed by atoms with Gasteiger partial charge in [0.25, 0.3) is 5.91 Å². The van der Waals surface area contributed by atoms with Gasteiger partial charge in [0.15, 0.2) is 5.82 Å². The van der Waals surface area contributed by atoms with E-state index in [1.807, 2.05) is 35.6 Å². The first-order valence-corrected chi connectivity index (χ1v) is 9.09. The van der Waals surface area contributed by atoms with Crippen LogP contribution in [0.2, 0.25) is 0 Å². The topological polar surface area (TPSA) is 76.8 Å². The fourth-order valence-electron chi connectivity index (χ4n) is 3.62. The van der Waals surface area contributed by atoms with Gasteiger partial charge in [-0.1, -0.05) is 0 Å². The summed E-state index contributed by atoms with van der Waals surface area (Å²) in [7, 11) is 0. The van der Waals surface area contributed by atoms with Crippen LogP contribution < -0.4 is 0 Å². The highest BCUT2D eigenvalue weighted by molar-refractivity contribution is 5.95. The van der Waals surface area contributed by atoms with Gasteiger partial charge in [0.05, 0.1) is 23.0 Å². The lowest BCUT2D eigenvalue weighted by Crippen LogP contribution is -2.30. The predicted octanol–water partition coefficient (Wildman–Crippen LogP) is 2.75. The Bertz CT molecular complexity index is 981. The molecule has 1 saturated heterocycles. The molecule has 0 spiro atoms. The number of hydrogen-bond acceptors (Lipinski definition) is 5. The van der Waals surface area contributed by atoms with E-state index in [4.69, 9.17) is 0 Å². The third-order valence-corrected chi connectivity index (χ3v) is 4.97. The van der Waals surface area contributed by atoms with Gasteiger partial charge in [-0.3, -0.25) is 14.5 Å². The number of likely N-dealkylation sites (tertiary alicyclic amines) is 1. The van der Waals surface area contributed by atoms with E-state index in [-0.39, 0.29) is 11.9 Å². The summed E-state index contributed by atoms with van der Waals surface area (Å²) in [5.41, 5.74) is 4.21. The minimum atomic E-state index is -0.0192. The fourth-order valence-corrected chi connectivity index (χ4v) is 3.62. The Morgan fingerprint density at radius 3 is 2.74 bits per heavy atom. The number of rotatable bonds is 3. The molecule has 7 nitrogen and oxygen atoms in total. The number of aromatic nitrogens is 5. The number of nitrogens with zero attached hydrogens (tertiary/aromatic N) is 6. The first-order chi connectivity index (χ1) is 13.0. The highest BCUT2D eigenvalue weighted by Crippen LogP contribution is 2.25. The van der Waals surface area contributed by atoms with Crippen molar-refractivity contribution in [2.75, 3.05) is 13.1 Å². The average molecular weight is 362 g/mol. The van der Waals surface area contributed by atoms with Crippen LogP contribution in [-0.2, 0) is 0 Å². The molecule has 1 unspecified atom stereocenters. The third kappa shape index (κ3) is 3.32. The Balaban J connectivity index is 1.52. The summed E-state index contributed by atoms with van der Waals surface area (Å²) in [6.07, 6.45) is 5.96. The molecule has 0 N–H and O–H groups in total. The molecular formula is C20H22N6O. The molecule has 1 aliphatic rings. The summed E-state index contributed by atoms with van der Waals surface area (Å²) in [4.78, 5) is 27.8. The van der Waals surface area contributed by atoms with Crippen molar-refractivity contribution >= 4 is 5.91 Å². The van der Waals surface area contributed by atoms with Gasteiger partial charge in [0.1, 0.15) is 0 Å². The van der Waals surface area contributed by atoms with E-state index < -0.39 is 0 Å². The molecule has 0 aliphatic carbocycles. The van der Waals surface area contributed by atoms with Crippen molar-refractivity contribution in [3.63, 3.8) is 0 Å². The van der Waals surface area contributed by atoms with Crippen LogP contribution in [0, 0.1) is 20.8 Å². The smallest absolute Gasteiger partial charge is 0.257 e. The summed E-state index contributed by atoms with van der Waals surface area (Å²) < 4.78 is 2.04. The van der Waals surface area contributed by atoms with Gasteiger partial charge in [-0.05, 0) is 45.4 Å². The monoisotopic (exact) mass is 362 g/mol. The average Bonchev–Trinajstić information content (AvgIpc) is 3.28. The minimum absolute atomic E-state index is 0.0192. The zero-order chi connectivity index (χ0) is 19.0. The van der Waals surface area contributed by atoms with Gasteiger partial charge in [-0.2, -0.15) is 5.10 Å². The van der Waals surface area contributed by atoms with E-state index in [1.54, 1.807) is 18.6 Å². The normalized spacial score (nSPS) is 16.7. The highest BCUT2D eigenvalue weighted by atomic mass is 16.2. The second kappa shape index (κ2) is 6.90. The van der Waals surface area contributed by atoms with Crippen LogP contribution in [0.4, 0.5) is 0 Å². The molecule has 3 aromatic heterocycles. The maximum atomic E-state index is 13.0. The summed E-state index contributed by atoms with van der Waals surface area (Å²) in [6.45, 7) is 7.27. The zero-order valence-electron chi connectivity index (χ0n) is 15.8. The molecule has 4 rings (SSSR count). The number of carbonyl (C=O) groups excluding carboxylic acids is 1. The number of hydrogen-bond donors (Lipinski definition) is 0. The fraction of sp³-hybridized carbons (Fsp3) is 0.350. The molecule has 3 aromatic rings. The molecule has 1 aliphatic heterocycles. The van der Waals surface area contributed by atoms with Gasteiger partial charge in [0.2, 0.25) is 0 Å². The van der Waals surface area contributed by atoms with Gasteiger partial charge in [-0.25, -0.2) is 9.97 Å². The van der Waals surface area contributed by atoms with Gasteiger partial charge >= 0.3 is 0 Å². The van der Waals surface area contributed by atoms with E-state index in [0.717, 1.165) is 23.4 Å². The van der Waals surface area contributed by atoms with Crippen LogP contribution in [0.5, 0.6) is 0 Å². The highest BCUT2D eigenvalue weighted by Gasteiger charge is 2.30. The Morgan fingerprint density at radius 2 is 2.07 bits per heavy atom. The zero-order valence-corrected chi connectivity index (χ0v) is 15.8. The Morgan fingerprint density at radius 1 is 1.22 bits per heavy atom. The maximum Gasteiger partial charge on any atom is 0.257 e. The second-order valence-corrected chi connectivity index (χ2v) is 7.00. The van der Waals surface area contributed by atoms with Crippen LogP contribution in [0.15, 0.2) is 36.8 Å². The molecule has 1 amide bonds. The van der Waals surface area contributed by atoms with Crippen molar-refractivity contribution in [3.05, 3.63) is 59.4 Å². The molecule has 0 radical (unpaired) electrons. The minimum Gasteiger partial charge on any atom is -0.336 e. The van der Waals surface area contributed by atoms with Crippen molar-refractivity contribution in [1.29, 1.82) is 0 Å². The third-order valence-electron chi connectivity index (χ3n) is 4.97. The molecule has 1 atom stereocenters. The van der Waals surface area contributed by atoms with Gasteiger partial charge < -0.3 is 4.90 Å². The van der Waals surface area contributed by atoms with E-state index in [2.05, 4.69) is 33.0 Å². The lowest BCUT2D eigenvalue weighted by molar-refractivity contribution is 0.0785. The van der Waals surface area contributed by atoms with Crippen molar-refractivity contribution in [2.45, 2.75) is 33.2 Å². The summed E-state index contributed by atoms with van der Waals surface area (Å²) in [5.74, 6) is 0.563. The van der Waals surface area contributed by atoms with E-state index in [1.165, 1.54) is 0 Å². The number of pyridine rings is 1. The van der Waals surface area contributed by atoms with Gasteiger partial charge in [-0.15, -0.1) is 0 Å². The van der Waals surface area contributed by atoms with Crippen molar-refractivity contribution in [1.82, 2.24) is 29.6 Å². The molecule has 138 valence electrons. The molecule has 1 fully saturated rings. The standard InChI is InChI=1S/C20H22N6O/c1-13-9-14(2)26(24-13)17-6-8-25(12-17)20(27)18-11-22-19(23-15(18)3)16-5-4-7-21-10-16/h4-5,7,9-11,17H,6,8,12H2,1-3H3. The number of carbonyl (C=O) groups is 1. The maximum absolute atomic E-state index is 13.0. The first-order valence-electron chi connectivity index (χ1n) is 9.09. The van der Waals surface area contributed by atoms with Crippen LogP contribution >= 0.6 is 0 Å². The quantitative estimate of drug-likeness (QED) is 0.716. The first kappa shape index (κ1) is 17.3. The number of aryl methyl sites for hydroxylation is 3. The van der Waals surface area contributed by atoms with E-state index >= 15 is 0 Å². The van der Waals surface area contributed by atoms with Crippen molar-refractivity contribution < 1.29 is 4.79 Å². The molecule has 0 aromatic carbocycles. The predicted molar refractivity (Wildman–Crippen MR) is 101 cm³/mol. The lowest BCUT2D eigenvalue weighted by Gasteiger charge is -2.18. The largest absolute Gasteiger partial charge is 0.336 e. The van der Waals surface area contributed by atoms with Crippen molar-refractivity contribution in [2.24, 2.45) is 0 Å². The summed E-state index contributed by atoms with van der Waals surface area (Å²) in [5, 5.41) is 4.57. The van der Waals surface area contributed by atoms with Crippen LogP contribution in [0.3, 0.4) is 0 Å². The molecule has 0 saturated carbocycles. The lowest BCUT2D eigenvalue weighted by atomic mass is 10.2. The van der Waals surface area contributed by atoms with E-state index in [0.29, 0.717) is 30.2 Å². The molecular weight excluding hydrogens is 340 g/mol. The second-order valence-electron chi connectivity index (χ2n) is 7.00. The summed E-state index contributed by atoms with van der Waals surface area (Å²) in [6, 6.07) is 6.04. The molecule has 27 heavy (non-hydrogen) atoms. The molecule has 7 heteroatoms. The Hall–Kier alpha value is -3.09. The van der Waals surface area contributed by atoms with Crippen LogP contribution in [0.1, 0.15) is 39.9 Å².